The quantitative estimate of drug-likeness (QED) is 0.0893. The van der Waals surface area contributed by atoms with Crippen molar-refractivity contribution >= 4 is 80.0 Å². The van der Waals surface area contributed by atoms with E-state index in [1.807, 2.05) is 97.1 Å². The van der Waals surface area contributed by atoms with E-state index in [0.717, 1.165) is 89.0 Å². The van der Waals surface area contributed by atoms with Gasteiger partial charge in [-0.05, 0) is 200 Å². The van der Waals surface area contributed by atoms with Crippen LogP contribution in [0.25, 0.3) is 68.1 Å². The Bertz CT molecular complexity index is 3750. The molecule has 354 valence electrons. The van der Waals surface area contributed by atoms with Crippen LogP contribution in [-0.4, -0.2) is 0 Å². The van der Waals surface area contributed by atoms with Crippen molar-refractivity contribution in [2.24, 2.45) is 0 Å². The van der Waals surface area contributed by atoms with Gasteiger partial charge in [0.1, 0.15) is 0 Å². The summed E-state index contributed by atoms with van der Waals surface area (Å²) < 4.78 is 0. The van der Waals surface area contributed by atoms with Crippen LogP contribution in [0.3, 0.4) is 0 Å². The zero-order valence-corrected chi connectivity index (χ0v) is 41.1. The summed E-state index contributed by atoms with van der Waals surface area (Å²) in [6.07, 6.45) is 8.63. The molecule has 0 fully saturated rings. The van der Waals surface area contributed by atoms with Gasteiger partial charge >= 0.3 is 0 Å². The topological polar surface area (TPSA) is 102 Å². The Morgan fingerprint density at radius 3 is 0.776 bits per heavy atom. The molecule has 0 unspecified atom stereocenters. The third kappa shape index (κ3) is 9.82. The molecule has 0 aliphatic carbocycles. The Kier molecular flexibility index (Phi) is 13.3. The van der Waals surface area contributed by atoms with Gasteiger partial charge in [-0.1, -0.05) is 133 Å². The second kappa shape index (κ2) is 21.4. The third-order valence-electron chi connectivity index (χ3n) is 13.5. The van der Waals surface area contributed by atoms with E-state index < -0.39 is 0 Å². The molecule has 11 aromatic carbocycles. The minimum atomic E-state index is 0.586. The summed E-state index contributed by atoms with van der Waals surface area (Å²) in [6, 6.07) is 90.6. The summed E-state index contributed by atoms with van der Waals surface area (Å²) >= 11 is 0. The number of hydrogen-bond acceptors (Lipinski definition) is 6. The van der Waals surface area contributed by atoms with Gasteiger partial charge in [0.05, 0.1) is 46.5 Å². The number of rotatable bonds is 12. The SMILES string of the molecule is N#Cc1ccc(N(c2ccc(C#N)cc2)c2ccc(/C=C/c3ccc4c(-c5ccccc5)c(-c5ccccc5)c5ccc(/C=C/c6ccc(N(c7ccc(C#N)cc7)c7ccc(C#N)cc7)cc6)cc5c4c3)cc2)cc1. The molecule has 0 aliphatic rings. The average Bonchev–Trinajstić information content (AvgIpc) is 3.54. The maximum atomic E-state index is 9.47. The van der Waals surface area contributed by atoms with E-state index in [1.165, 1.54) is 11.1 Å². The van der Waals surface area contributed by atoms with Gasteiger partial charge < -0.3 is 9.80 Å². The van der Waals surface area contributed by atoms with E-state index in [0.29, 0.717) is 22.3 Å². The third-order valence-corrected chi connectivity index (χ3v) is 13.5. The van der Waals surface area contributed by atoms with E-state index in [4.69, 9.17) is 0 Å². The van der Waals surface area contributed by atoms with Crippen molar-refractivity contribution in [1.82, 2.24) is 0 Å². The van der Waals surface area contributed by atoms with Crippen molar-refractivity contribution in [2.45, 2.75) is 0 Å². The molecule has 0 saturated carbocycles. The lowest BCUT2D eigenvalue weighted by Gasteiger charge is -2.25. The predicted octanol–water partition coefficient (Wildman–Crippen LogP) is 18.1. The van der Waals surface area contributed by atoms with Crippen LogP contribution >= 0.6 is 0 Å². The molecule has 6 nitrogen and oxygen atoms in total. The summed E-state index contributed by atoms with van der Waals surface area (Å²) in [6.45, 7) is 0. The van der Waals surface area contributed by atoms with Crippen LogP contribution in [0.4, 0.5) is 34.1 Å². The van der Waals surface area contributed by atoms with Gasteiger partial charge in [-0.2, -0.15) is 21.0 Å². The minimum absolute atomic E-state index is 0.586. The lowest BCUT2D eigenvalue weighted by atomic mass is 9.84. The number of nitriles is 4. The Morgan fingerprint density at radius 2 is 0.500 bits per heavy atom. The lowest BCUT2D eigenvalue weighted by Crippen LogP contribution is -2.09. The van der Waals surface area contributed by atoms with Crippen molar-refractivity contribution < 1.29 is 0 Å². The second-order valence-electron chi connectivity index (χ2n) is 18.2. The molecule has 76 heavy (non-hydrogen) atoms. The Hall–Kier alpha value is -11.0. The molecule has 6 heteroatoms. The van der Waals surface area contributed by atoms with Crippen molar-refractivity contribution in [1.29, 1.82) is 21.0 Å². The molecule has 0 atom stereocenters. The maximum Gasteiger partial charge on any atom is 0.0991 e. The van der Waals surface area contributed by atoms with Crippen molar-refractivity contribution in [3.63, 3.8) is 0 Å². The highest BCUT2D eigenvalue weighted by atomic mass is 15.1. The first kappa shape index (κ1) is 47.3. The average molecular weight is 969 g/mol. The minimum Gasteiger partial charge on any atom is -0.311 e. The number of nitrogens with zero attached hydrogens (tertiary/aromatic N) is 6. The van der Waals surface area contributed by atoms with E-state index in [-0.39, 0.29) is 0 Å². The molecule has 0 spiro atoms. The fourth-order valence-corrected chi connectivity index (χ4v) is 9.78. The molecular weight excluding hydrogens is 925 g/mol. The van der Waals surface area contributed by atoms with Crippen LogP contribution < -0.4 is 9.80 Å². The van der Waals surface area contributed by atoms with Gasteiger partial charge in [-0.25, -0.2) is 0 Å². The highest BCUT2D eigenvalue weighted by Gasteiger charge is 2.19. The van der Waals surface area contributed by atoms with Crippen LogP contribution in [0.1, 0.15) is 44.5 Å². The molecule has 0 heterocycles. The maximum absolute atomic E-state index is 9.47. The monoisotopic (exact) mass is 968 g/mol. The molecule has 0 bridgehead atoms. The second-order valence-corrected chi connectivity index (χ2v) is 18.2. The fourth-order valence-electron chi connectivity index (χ4n) is 9.78. The van der Waals surface area contributed by atoms with E-state index >= 15 is 0 Å². The zero-order valence-electron chi connectivity index (χ0n) is 41.1. The van der Waals surface area contributed by atoms with Crippen LogP contribution in [0.5, 0.6) is 0 Å². The number of benzene rings is 11. The highest BCUT2D eigenvalue weighted by molar-refractivity contribution is 6.22. The van der Waals surface area contributed by atoms with E-state index in [1.54, 1.807) is 0 Å². The van der Waals surface area contributed by atoms with Gasteiger partial charge in [0.2, 0.25) is 0 Å². The number of anilines is 6. The smallest absolute Gasteiger partial charge is 0.0991 e. The number of hydrogen-bond donors (Lipinski definition) is 0. The molecule has 0 radical (unpaired) electrons. The summed E-state index contributed by atoms with van der Waals surface area (Å²) in [4.78, 5) is 4.23. The summed E-state index contributed by atoms with van der Waals surface area (Å²) in [7, 11) is 0. The largest absolute Gasteiger partial charge is 0.311 e. The summed E-state index contributed by atoms with van der Waals surface area (Å²) in [5, 5.41) is 42.5. The molecule has 0 aromatic heterocycles. The van der Waals surface area contributed by atoms with Gasteiger partial charge in [0, 0.05) is 34.1 Å². The fraction of sp³-hybridized carbons (Fsp3) is 0. The van der Waals surface area contributed by atoms with Gasteiger partial charge in [-0.15, -0.1) is 0 Å². The predicted molar refractivity (Wildman–Crippen MR) is 311 cm³/mol. The Balaban J connectivity index is 0.960. The van der Waals surface area contributed by atoms with Gasteiger partial charge in [-0.3, -0.25) is 0 Å². The van der Waals surface area contributed by atoms with Crippen LogP contribution in [0.15, 0.2) is 243 Å². The molecule has 11 rings (SSSR count). The van der Waals surface area contributed by atoms with Gasteiger partial charge in [0.25, 0.3) is 0 Å². The van der Waals surface area contributed by atoms with Crippen molar-refractivity contribution in [2.75, 3.05) is 9.80 Å². The zero-order chi connectivity index (χ0) is 51.8. The highest BCUT2D eigenvalue weighted by Crippen LogP contribution is 2.45. The first-order valence-electron chi connectivity index (χ1n) is 24.8. The first-order chi connectivity index (χ1) is 37.5. The van der Waals surface area contributed by atoms with Crippen molar-refractivity contribution in [3.05, 3.63) is 287 Å². The molecule has 0 saturated heterocycles. The van der Waals surface area contributed by atoms with Gasteiger partial charge in [0.15, 0.2) is 0 Å². The van der Waals surface area contributed by atoms with Crippen LogP contribution in [-0.2, 0) is 0 Å². The summed E-state index contributed by atoms with van der Waals surface area (Å²) in [5.41, 5.74) is 16.7. The molecular formula is C70H44N6. The number of fused-ring (bicyclic) bond motifs is 3. The molecule has 11 aromatic rings. The first-order valence-corrected chi connectivity index (χ1v) is 24.8. The summed E-state index contributed by atoms with van der Waals surface area (Å²) in [5.74, 6) is 0. The van der Waals surface area contributed by atoms with Crippen LogP contribution in [0, 0.1) is 45.3 Å². The Labute approximate surface area is 442 Å². The molecule has 0 aliphatic heterocycles. The van der Waals surface area contributed by atoms with E-state index in [2.05, 4.69) is 204 Å². The molecule has 0 amide bonds. The lowest BCUT2D eigenvalue weighted by molar-refractivity contribution is 1.28. The van der Waals surface area contributed by atoms with Crippen LogP contribution in [0.2, 0.25) is 0 Å². The Morgan fingerprint density at radius 1 is 0.250 bits per heavy atom. The molecule has 0 N–H and O–H groups in total. The normalized spacial score (nSPS) is 11.0. The van der Waals surface area contributed by atoms with E-state index in [9.17, 15) is 21.0 Å². The standard InChI is InChI=1S/C70H44N6/c71-45-53-19-33-61(34-20-53)75(62-35-21-54(46-72)22-36-62)59-29-15-49(16-30-59)11-13-51-27-41-65-67(43-51)68-44-52(28-42-66(68)70(58-9-5-2-6-10-58)69(65)57-7-3-1-4-8-57)14-12-50-17-31-60(32-18-50)76(63-37-23-55(47-73)24-38-63)64-39-25-56(48-74)26-40-64/h1-44H/b13-11+,14-12+. The van der Waals surface area contributed by atoms with Crippen molar-refractivity contribution in [3.8, 4) is 46.5 Å².